The van der Waals surface area contributed by atoms with Crippen LogP contribution in [0.3, 0.4) is 0 Å². The first-order valence-electron chi connectivity index (χ1n) is 9.56. The topological polar surface area (TPSA) is 48.1 Å². The average Bonchev–Trinajstić information content (AvgIpc) is 3.31. The van der Waals surface area contributed by atoms with Crippen LogP contribution < -0.4 is 9.80 Å². The molecule has 3 heterocycles. The third-order valence-corrected chi connectivity index (χ3v) is 5.75. The van der Waals surface area contributed by atoms with Gasteiger partial charge in [-0.2, -0.15) is 18.3 Å². The van der Waals surface area contributed by atoms with Crippen molar-refractivity contribution in [3.05, 3.63) is 42.2 Å². The fourth-order valence-corrected chi connectivity index (χ4v) is 4.32. The molecule has 5 rings (SSSR count). The molecule has 2 aromatic heterocycles. The molecule has 1 fully saturated rings. The lowest BCUT2D eigenvalue weighted by Gasteiger charge is -2.33. The van der Waals surface area contributed by atoms with Gasteiger partial charge in [-0.1, -0.05) is 19.3 Å². The van der Waals surface area contributed by atoms with Crippen LogP contribution in [0.1, 0.15) is 37.8 Å². The van der Waals surface area contributed by atoms with Crippen molar-refractivity contribution in [2.24, 2.45) is 0 Å². The fourth-order valence-electron chi connectivity index (χ4n) is 4.32. The summed E-state index contributed by atoms with van der Waals surface area (Å²) in [5, 5.41) is 7.85. The van der Waals surface area contributed by atoms with Crippen LogP contribution in [-0.2, 0) is 6.18 Å². The number of H-pyrrole nitrogens is 1. The Labute approximate surface area is 160 Å². The SMILES string of the molecule is FC(F)(F)c1ccc2c(n1)N(c1ccc3[nH]ncc3c1)CN2C1CCCCC1. The number of aromatic amines is 1. The third-order valence-electron chi connectivity index (χ3n) is 5.75. The van der Waals surface area contributed by atoms with Gasteiger partial charge in [0.1, 0.15) is 5.69 Å². The Kier molecular flexibility index (Phi) is 3.96. The second kappa shape index (κ2) is 6.39. The molecule has 0 amide bonds. The van der Waals surface area contributed by atoms with E-state index in [2.05, 4.69) is 20.1 Å². The van der Waals surface area contributed by atoms with Crippen molar-refractivity contribution in [3.63, 3.8) is 0 Å². The maximum Gasteiger partial charge on any atom is 0.433 e. The number of benzene rings is 1. The molecule has 8 heteroatoms. The first-order chi connectivity index (χ1) is 13.5. The number of hydrogen-bond acceptors (Lipinski definition) is 4. The second-order valence-corrected chi connectivity index (χ2v) is 7.51. The molecule has 0 atom stereocenters. The smallest absolute Gasteiger partial charge is 0.347 e. The summed E-state index contributed by atoms with van der Waals surface area (Å²) in [5.74, 6) is 0.378. The Morgan fingerprint density at radius 3 is 2.64 bits per heavy atom. The second-order valence-electron chi connectivity index (χ2n) is 7.51. The summed E-state index contributed by atoms with van der Waals surface area (Å²) in [6.45, 7) is 0.512. The van der Waals surface area contributed by atoms with Gasteiger partial charge in [0, 0.05) is 17.1 Å². The molecule has 1 saturated carbocycles. The van der Waals surface area contributed by atoms with Gasteiger partial charge in [0.15, 0.2) is 5.82 Å². The Balaban J connectivity index is 1.59. The number of alkyl halides is 3. The van der Waals surface area contributed by atoms with Gasteiger partial charge in [0.05, 0.1) is 24.1 Å². The summed E-state index contributed by atoms with van der Waals surface area (Å²) in [5.41, 5.74) is 1.64. The van der Waals surface area contributed by atoms with E-state index in [0.717, 1.165) is 54.0 Å². The first kappa shape index (κ1) is 17.3. The van der Waals surface area contributed by atoms with Crippen molar-refractivity contribution in [1.29, 1.82) is 0 Å². The van der Waals surface area contributed by atoms with E-state index in [1.54, 1.807) is 12.3 Å². The number of anilines is 3. The Morgan fingerprint density at radius 1 is 1.04 bits per heavy atom. The lowest BCUT2D eigenvalue weighted by molar-refractivity contribution is -0.141. The van der Waals surface area contributed by atoms with Gasteiger partial charge in [-0.3, -0.25) is 5.10 Å². The van der Waals surface area contributed by atoms with E-state index < -0.39 is 11.9 Å². The Morgan fingerprint density at radius 2 is 1.86 bits per heavy atom. The maximum atomic E-state index is 13.3. The quantitative estimate of drug-likeness (QED) is 0.655. The molecule has 1 aromatic carbocycles. The minimum absolute atomic E-state index is 0.341. The zero-order valence-corrected chi connectivity index (χ0v) is 15.2. The average molecular weight is 387 g/mol. The normalized spacial score (nSPS) is 18.1. The van der Waals surface area contributed by atoms with Crippen molar-refractivity contribution < 1.29 is 13.2 Å². The summed E-state index contributed by atoms with van der Waals surface area (Å²) >= 11 is 0. The van der Waals surface area contributed by atoms with E-state index in [4.69, 9.17) is 0 Å². The molecule has 1 N–H and O–H groups in total. The Hall–Kier alpha value is -2.77. The van der Waals surface area contributed by atoms with E-state index in [9.17, 15) is 13.2 Å². The maximum absolute atomic E-state index is 13.3. The minimum atomic E-state index is -4.46. The van der Waals surface area contributed by atoms with Crippen molar-refractivity contribution >= 4 is 28.1 Å². The molecule has 146 valence electrons. The number of halogens is 3. The summed E-state index contributed by atoms with van der Waals surface area (Å²) in [7, 11) is 0. The lowest BCUT2D eigenvalue weighted by Crippen LogP contribution is -2.38. The van der Waals surface area contributed by atoms with Gasteiger partial charge in [-0.05, 0) is 43.2 Å². The van der Waals surface area contributed by atoms with Crippen LogP contribution in [-0.4, -0.2) is 27.9 Å². The van der Waals surface area contributed by atoms with E-state index in [-0.39, 0.29) is 0 Å². The molecular formula is C20H20F3N5. The predicted octanol–water partition coefficient (Wildman–Crippen LogP) is 5.23. The van der Waals surface area contributed by atoms with Gasteiger partial charge >= 0.3 is 6.18 Å². The van der Waals surface area contributed by atoms with Crippen LogP contribution in [0.25, 0.3) is 10.9 Å². The number of nitrogens with one attached hydrogen (secondary N) is 1. The summed E-state index contributed by atoms with van der Waals surface area (Å²) < 4.78 is 39.9. The van der Waals surface area contributed by atoms with Gasteiger partial charge in [0.25, 0.3) is 0 Å². The molecule has 1 aliphatic heterocycles. The zero-order valence-electron chi connectivity index (χ0n) is 15.2. The van der Waals surface area contributed by atoms with Crippen LogP contribution in [0.4, 0.5) is 30.4 Å². The molecule has 2 aliphatic rings. The van der Waals surface area contributed by atoms with E-state index in [1.807, 2.05) is 23.1 Å². The molecule has 28 heavy (non-hydrogen) atoms. The number of pyridine rings is 1. The van der Waals surface area contributed by atoms with Gasteiger partial charge in [-0.15, -0.1) is 0 Å². The highest BCUT2D eigenvalue weighted by molar-refractivity contribution is 5.86. The highest BCUT2D eigenvalue weighted by Crippen LogP contribution is 2.44. The van der Waals surface area contributed by atoms with Crippen molar-refractivity contribution in [2.75, 3.05) is 16.5 Å². The number of nitrogens with zero attached hydrogens (tertiary/aromatic N) is 4. The molecule has 0 radical (unpaired) electrons. The largest absolute Gasteiger partial charge is 0.433 e. The zero-order chi connectivity index (χ0) is 19.3. The van der Waals surface area contributed by atoms with Crippen LogP contribution in [0.15, 0.2) is 36.5 Å². The fraction of sp³-hybridized carbons (Fsp3) is 0.400. The van der Waals surface area contributed by atoms with Crippen LogP contribution in [0.2, 0.25) is 0 Å². The van der Waals surface area contributed by atoms with E-state index in [0.29, 0.717) is 18.5 Å². The summed E-state index contributed by atoms with van der Waals surface area (Å²) in [6, 6.07) is 8.75. The molecular weight excluding hydrogens is 367 g/mol. The first-order valence-corrected chi connectivity index (χ1v) is 9.56. The molecule has 0 saturated heterocycles. The number of aromatic nitrogens is 3. The van der Waals surface area contributed by atoms with Gasteiger partial charge in [0.2, 0.25) is 0 Å². The van der Waals surface area contributed by atoms with Gasteiger partial charge < -0.3 is 9.80 Å². The third kappa shape index (κ3) is 2.87. The Bertz CT molecular complexity index is 1010. The predicted molar refractivity (Wildman–Crippen MR) is 102 cm³/mol. The standard InChI is InChI=1S/C20H20F3N5/c21-20(22,23)18-9-8-17-19(25-18)28(12-27(17)14-4-2-1-3-5-14)15-6-7-16-13(10-15)11-24-26-16/h6-11,14H,1-5,12H2,(H,24,26). The highest BCUT2D eigenvalue weighted by Gasteiger charge is 2.38. The number of rotatable bonds is 2. The molecule has 5 nitrogen and oxygen atoms in total. The monoisotopic (exact) mass is 387 g/mol. The van der Waals surface area contributed by atoms with Crippen LogP contribution in [0, 0.1) is 0 Å². The van der Waals surface area contributed by atoms with Crippen molar-refractivity contribution in [3.8, 4) is 0 Å². The van der Waals surface area contributed by atoms with Crippen molar-refractivity contribution in [2.45, 2.75) is 44.3 Å². The van der Waals surface area contributed by atoms with Crippen LogP contribution >= 0.6 is 0 Å². The van der Waals surface area contributed by atoms with Gasteiger partial charge in [-0.25, -0.2) is 4.98 Å². The summed E-state index contributed by atoms with van der Waals surface area (Å²) in [4.78, 5) is 8.13. The molecule has 0 spiro atoms. The van der Waals surface area contributed by atoms with E-state index >= 15 is 0 Å². The van der Waals surface area contributed by atoms with Crippen LogP contribution in [0.5, 0.6) is 0 Å². The lowest BCUT2D eigenvalue weighted by atomic mass is 9.94. The molecule has 0 unspecified atom stereocenters. The molecule has 3 aromatic rings. The highest BCUT2D eigenvalue weighted by atomic mass is 19.4. The minimum Gasteiger partial charge on any atom is -0.347 e. The molecule has 1 aliphatic carbocycles. The van der Waals surface area contributed by atoms with E-state index in [1.165, 1.54) is 6.42 Å². The van der Waals surface area contributed by atoms with Crippen molar-refractivity contribution in [1.82, 2.24) is 15.2 Å². The molecule has 0 bridgehead atoms. The number of fused-ring (bicyclic) bond motifs is 2. The number of hydrogen-bond donors (Lipinski definition) is 1. The summed E-state index contributed by atoms with van der Waals surface area (Å²) in [6.07, 6.45) is 2.92.